The maximum absolute atomic E-state index is 12.4. The molecule has 0 aliphatic heterocycles. The van der Waals surface area contributed by atoms with Gasteiger partial charge < -0.3 is 0 Å². The van der Waals surface area contributed by atoms with Gasteiger partial charge in [-0.05, 0) is 37.1 Å². The molecule has 2 aromatic rings. The molecule has 1 N–H and O–H groups in total. The topological polar surface area (TPSA) is 46.2 Å². The maximum atomic E-state index is 12.4. The van der Waals surface area contributed by atoms with E-state index >= 15 is 0 Å². The second kappa shape index (κ2) is 6.92. The minimum absolute atomic E-state index is 0.0901. The molecule has 112 valence electrons. The zero-order valence-corrected chi connectivity index (χ0v) is 14.5. The Morgan fingerprint density at radius 2 is 1.86 bits per heavy atom. The van der Waals surface area contributed by atoms with Gasteiger partial charge in [-0.1, -0.05) is 57.9 Å². The van der Waals surface area contributed by atoms with Gasteiger partial charge in [0.05, 0.1) is 5.02 Å². The average Bonchev–Trinajstić information content (AvgIpc) is 2.38. The van der Waals surface area contributed by atoms with E-state index in [-0.39, 0.29) is 16.0 Å². The molecule has 0 heterocycles. The first-order valence-electron chi connectivity index (χ1n) is 6.40. The average molecular weight is 389 g/mol. The molecule has 0 saturated heterocycles. The molecule has 0 amide bonds. The van der Waals surface area contributed by atoms with Crippen LogP contribution in [0.3, 0.4) is 0 Å². The highest BCUT2D eigenvalue weighted by Gasteiger charge is 2.20. The largest absolute Gasteiger partial charge is 0.242 e. The second-order valence-corrected chi connectivity index (χ2v) is 7.79. The highest BCUT2D eigenvalue weighted by molar-refractivity contribution is 9.10. The maximum Gasteiger partial charge on any atom is 0.242 e. The first kappa shape index (κ1) is 16.5. The van der Waals surface area contributed by atoms with Gasteiger partial charge in [0, 0.05) is 10.5 Å². The summed E-state index contributed by atoms with van der Waals surface area (Å²) in [6.45, 7) is 1.83. The molecule has 1 unspecified atom stereocenters. The SMILES string of the molecule is CC(Cc1ccccc1)NS(=O)(=O)c1ccc(Br)cc1Cl. The molecule has 0 aliphatic rings. The molecule has 0 saturated carbocycles. The van der Waals surface area contributed by atoms with Crippen LogP contribution in [-0.4, -0.2) is 14.5 Å². The molecular formula is C15H15BrClNO2S. The van der Waals surface area contributed by atoms with Crippen LogP contribution in [0.4, 0.5) is 0 Å². The van der Waals surface area contributed by atoms with Crippen LogP contribution in [0.5, 0.6) is 0 Å². The van der Waals surface area contributed by atoms with Crippen molar-refractivity contribution in [3.63, 3.8) is 0 Å². The van der Waals surface area contributed by atoms with Crippen LogP contribution in [0.1, 0.15) is 12.5 Å². The molecule has 2 rings (SSSR count). The first-order chi connectivity index (χ1) is 9.88. The lowest BCUT2D eigenvalue weighted by Crippen LogP contribution is -2.34. The van der Waals surface area contributed by atoms with Gasteiger partial charge in [0.1, 0.15) is 4.90 Å². The summed E-state index contributed by atoms with van der Waals surface area (Å²) in [5.41, 5.74) is 1.08. The predicted molar refractivity (Wildman–Crippen MR) is 89.1 cm³/mol. The van der Waals surface area contributed by atoms with E-state index in [1.807, 2.05) is 37.3 Å². The fourth-order valence-corrected chi connectivity index (χ4v) is 4.31. The van der Waals surface area contributed by atoms with Gasteiger partial charge in [-0.25, -0.2) is 13.1 Å². The van der Waals surface area contributed by atoms with Gasteiger partial charge in [-0.3, -0.25) is 0 Å². The lowest BCUT2D eigenvalue weighted by Gasteiger charge is -2.15. The van der Waals surface area contributed by atoms with Crippen molar-refractivity contribution >= 4 is 37.6 Å². The summed E-state index contributed by atoms with van der Waals surface area (Å²) in [6, 6.07) is 14.2. The number of benzene rings is 2. The molecule has 0 spiro atoms. The molecule has 0 aromatic heterocycles. The molecule has 21 heavy (non-hydrogen) atoms. The fourth-order valence-electron chi connectivity index (χ4n) is 2.03. The van der Waals surface area contributed by atoms with E-state index in [1.54, 1.807) is 12.1 Å². The molecule has 0 fully saturated rings. The van der Waals surface area contributed by atoms with Gasteiger partial charge in [0.25, 0.3) is 0 Å². The third kappa shape index (κ3) is 4.54. The van der Waals surface area contributed by atoms with Gasteiger partial charge in [0.2, 0.25) is 10.0 Å². The Kier molecular flexibility index (Phi) is 5.43. The lowest BCUT2D eigenvalue weighted by atomic mass is 10.1. The van der Waals surface area contributed by atoms with Crippen LogP contribution < -0.4 is 4.72 Å². The molecular weight excluding hydrogens is 374 g/mol. The third-order valence-electron chi connectivity index (χ3n) is 2.92. The number of nitrogens with one attached hydrogen (secondary N) is 1. The van der Waals surface area contributed by atoms with Crippen molar-refractivity contribution in [3.05, 3.63) is 63.6 Å². The summed E-state index contributed by atoms with van der Waals surface area (Å²) >= 11 is 9.27. The first-order valence-corrected chi connectivity index (χ1v) is 9.05. The smallest absolute Gasteiger partial charge is 0.208 e. The zero-order valence-electron chi connectivity index (χ0n) is 11.4. The van der Waals surface area contributed by atoms with E-state index in [0.29, 0.717) is 6.42 Å². The Balaban J connectivity index is 2.13. The molecule has 2 aromatic carbocycles. The molecule has 1 atom stereocenters. The zero-order chi connectivity index (χ0) is 15.5. The standard InChI is InChI=1S/C15H15BrClNO2S/c1-11(9-12-5-3-2-4-6-12)18-21(19,20)15-8-7-13(16)10-14(15)17/h2-8,10-11,18H,9H2,1H3. The van der Waals surface area contributed by atoms with Crippen molar-refractivity contribution < 1.29 is 8.42 Å². The highest BCUT2D eigenvalue weighted by atomic mass is 79.9. The van der Waals surface area contributed by atoms with Crippen LogP contribution in [0, 0.1) is 0 Å². The van der Waals surface area contributed by atoms with Gasteiger partial charge in [-0.2, -0.15) is 0 Å². The minimum atomic E-state index is -3.63. The van der Waals surface area contributed by atoms with Crippen molar-refractivity contribution in [1.82, 2.24) is 4.72 Å². The van der Waals surface area contributed by atoms with Gasteiger partial charge >= 0.3 is 0 Å². The summed E-state index contributed by atoms with van der Waals surface area (Å²) in [7, 11) is -3.63. The number of hydrogen-bond donors (Lipinski definition) is 1. The van der Waals surface area contributed by atoms with Crippen molar-refractivity contribution in [2.75, 3.05) is 0 Å². The van der Waals surface area contributed by atoms with E-state index in [9.17, 15) is 8.42 Å². The van der Waals surface area contributed by atoms with E-state index in [2.05, 4.69) is 20.7 Å². The number of sulfonamides is 1. The quantitative estimate of drug-likeness (QED) is 0.841. The number of halogens is 2. The minimum Gasteiger partial charge on any atom is -0.208 e. The second-order valence-electron chi connectivity index (χ2n) is 4.79. The van der Waals surface area contributed by atoms with Gasteiger partial charge in [0.15, 0.2) is 0 Å². The van der Waals surface area contributed by atoms with Crippen LogP contribution >= 0.6 is 27.5 Å². The molecule has 3 nitrogen and oxygen atoms in total. The van der Waals surface area contributed by atoms with Gasteiger partial charge in [-0.15, -0.1) is 0 Å². The van der Waals surface area contributed by atoms with E-state index in [0.717, 1.165) is 10.0 Å². The normalized spacial score (nSPS) is 13.1. The summed E-state index contributed by atoms with van der Waals surface area (Å²) < 4.78 is 28.1. The summed E-state index contributed by atoms with van der Waals surface area (Å²) in [5.74, 6) is 0. The van der Waals surface area contributed by atoms with Crippen molar-refractivity contribution in [2.24, 2.45) is 0 Å². The van der Waals surface area contributed by atoms with E-state index in [1.165, 1.54) is 6.07 Å². The number of rotatable bonds is 5. The molecule has 6 heteroatoms. The third-order valence-corrected chi connectivity index (χ3v) is 5.49. The Hall–Kier alpha value is -0.880. The summed E-state index contributed by atoms with van der Waals surface area (Å²) in [4.78, 5) is 0.0901. The fraction of sp³-hybridized carbons (Fsp3) is 0.200. The monoisotopic (exact) mass is 387 g/mol. The van der Waals surface area contributed by atoms with Crippen molar-refractivity contribution in [1.29, 1.82) is 0 Å². The van der Waals surface area contributed by atoms with E-state index < -0.39 is 10.0 Å². The van der Waals surface area contributed by atoms with Crippen LogP contribution in [0.2, 0.25) is 5.02 Å². The molecule has 0 aliphatic carbocycles. The van der Waals surface area contributed by atoms with E-state index in [4.69, 9.17) is 11.6 Å². The molecule has 0 bridgehead atoms. The van der Waals surface area contributed by atoms with Crippen molar-refractivity contribution in [3.8, 4) is 0 Å². The van der Waals surface area contributed by atoms with Crippen LogP contribution in [-0.2, 0) is 16.4 Å². The van der Waals surface area contributed by atoms with Crippen LogP contribution in [0.25, 0.3) is 0 Å². The lowest BCUT2D eigenvalue weighted by molar-refractivity contribution is 0.560. The Labute approximate surface area is 138 Å². The summed E-state index contributed by atoms with van der Waals surface area (Å²) in [5, 5.41) is 0.198. The predicted octanol–water partition coefficient (Wildman–Crippen LogP) is 4.01. The Bertz CT molecular complexity index is 720. The summed E-state index contributed by atoms with van der Waals surface area (Å²) in [6.07, 6.45) is 0.619. The Morgan fingerprint density at radius 3 is 2.48 bits per heavy atom. The number of hydrogen-bond acceptors (Lipinski definition) is 2. The van der Waals surface area contributed by atoms with Crippen LogP contribution in [0.15, 0.2) is 57.9 Å². The highest BCUT2D eigenvalue weighted by Crippen LogP contribution is 2.25. The molecule has 0 radical (unpaired) electrons. The Morgan fingerprint density at radius 1 is 1.19 bits per heavy atom. The van der Waals surface area contributed by atoms with Crippen molar-refractivity contribution in [2.45, 2.75) is 24.3 Å².